The van der Waals surface area contributed by atoms with Gasteiger partial charge in [-0.25, -0.2) is 9.59 Å². The summed E-state index contributed by atoms with van der Waals surface area (Å²) in [6.07, 6.45) is 7.60. The number of pyridine rings is 4. The molecule has 20 nitrogen and oxygen atoms in total. The van der Waals surface area contributed by atoms with Gasteiger partial charge in [0.15, 0.2) is 0 Å². The maximum Gasteiger partial charge on any atom is 0.449 e. The third-order valence-corrected chi connectivity index (χ3v) is 25.3. The van der Waals surface area contributed by atoms with Gasteiger partial charge in [0.25, 0.3) is 11.8 Å². The molecule has 0 fully saturated rings. The molecule has 686 valence electrons. The summed E-state index contributed by atoms with van der Waals surface area (Å²) in [5.74, 6) is -0.875. The molecule has 4 atom stereocenters. The first-order valence-corrected chi connectivity index (χ1v) is 44.4. The number of hydrogen-bond acceptors (Lipinski definition) is 16. The molecule has 7 aromatic carbocycles. The average Bonchev–Trinajstić information content (AvgIpc) is 0.941. The Bertz CT molecular complexity index is 6880. The second-order valence-corrected chi connectivity index (χ2v) is 35.5. The van der Waals surface area contributed by atoms with Crippen LogP contribution in [0.2, 0.25) is 10.0 Å². The van der Waals surface area contributed by atoms with E-state index in [2.05, 4.69) is 40.8 Å². The van der Waals surface area contributed by atoms with E-state index in [9.17, 15) is 52.8 Å². The number of para-hydroxylation sites is 3. The van der Waals surface area contributed by atoms with Gasteiger partial charge >= 0.3 is 18.2 Å². The number of carbonyl (C=O) groups is 4. The summed E-state index contributed by atoms with van der Waals surface area (Å²) in [5, 5.41) is 42.6. The van der Waals surface area contributed by atoms with Gasteiger partial charge < -0.3 is 53.1 Å². The number of methoxy groups -OCH3 is 1. The summed E-state index contributed by atoms with van der Waals surface area (Å²) in [4.78, 5) is 80.5. The zero-order valence-corrected chi connectivity index (χ0v) is 77.7. The molecule has 25 heteroatoms. The molecule has 1 aliphatic carbocycles. The SMILES string of the molecule is C=C(O)C(C)(C)c1cccc(-c2ccc(CN(Cc3ccc(C(F)(F)F)o3)C(=O)N3c4ccccc4CC4C=CC=CC43)cc2)c1.C=C(O)C(C)c1cccc(-c2cnc(CN(Cc3ccc(C(=O)OC)o3)C(=O)c3c(C)c(C)nc4ccccc34)c(Cl)c2)c1.C=C(O)C(C)c1cccc(-c2cnc(CN(Cc3ccc(C(C)(C)O)o3)C(=O)c3c(C)c(C)nc4ccccc34)c(Cl)c2)c1. The Morgan fingerprint density at radius 3 is 1.49 bits per heavy atom. The lowest BCUT2D eigenvalue weighted by Gasteiger charge is -2.43. The molecule has 0 spiro atoms. The number of amides is 4. The van der Waals surface area contributed by atoms with Crippen LogP contribution < -0.4 is 4.90 Å². The molecular formula is C109H103Cl2F3N8O12. The third kappa shape index (κ3) is 21.5. The van der Waals surface area contributed by atoms with Crippen LogP contribution in [0.4, 0.5) is 23.7 Å². The molecule has 0 radical (unpaired) electrons. The fourth-order valence-electron chi connectivity index (χ4n) is 16.3. The van der Waals surface area contributed by atoms with Crippen LogP contribution in [-0.2, 0) is 67.6 Å². The number of aromatic nitrogens is 4. The third-order valence-electron chi connectivity index (χ3n) is 24.7. The van der Waals surface area contributed by atoms with Gasteiger partial charge in [0.05, 0.1) is 107 Å². The zero-order chi connectivity index (χ0) is 95.9. The summed E-state index contributed by atoms with van der Waals surface area (Å²) in [6.45, 7) is 29.8. The Morgan fingerprint density at radius 2 is 0.993 bits per heavy atom. The number of alkyl halides is 3. The number of urea groups is 1. The van der Waals surface area contributed by atoms with E-state index in [1.54, 1.807) is 59.1 Å². The lowest BCUT2D eigenvalue weighted by molar-refractivity contribution is -0.153. The summed E-state index contributed by atoms with van der Waals surface area (Å²) in [6, 6.07) is 65.9. The van der Waals surface area contributed by atoms with Crippen molar-refractivity contribution in [1.29, 1.82) is 0 Å². The highest BCUT2D eigenvalue weighted by molar-refractivity contribution is 6.32. The Hall–Kier alpha value is -14.4. The number of fused-ring (bicyclic) bond motifs is 4. The number of nitrogens with zero attached hydrogens (tertiary/aromatic N) is 8. The van der Waals surface area contributed by atoms with E-state index < -0.39 is 28.9 Å². The van der Waals surface area contributed by atoms with Gasteiger partial charge in [-0.1, -0.05) is 233 Å². The summed E-state index contributed by atoms with van der Waals surface area (Å²) < 4.78 is 61.8. The molecular weight excluding hydrogens is 1740 g/mol. The molecule has 8 heterocycles. The summed E-state index contributed by atoms with van der Waals surface area (Å²) in [5.41, 5.74) is 15.5. The Kier molecular flexibility index (Phi) is 28.8. The van der Waals surface area contributed by atoms with Crippen molar-refractivity contribution in [3.63, 3.8) is 0 Å². The monoisotopic (exact) mass is 1840 g/mol. The number of aliphatic hydroxyl groups excluding tert-OH is 3. The molecule has 16 rings (SSSR count). The lowest BCUT2D eigenvalue weighted by Crippen LogP contribution is -2.52. The molecule has 4 N–H and O–H groups in total. The molecule has 0 saturated carbocycles. The highest BCUT2D eigenvalue weighted by atomic mass is 35.5. The number of aryl methyl sites for hydroxylation is 2. The first-order chi connectivity index (χ1) is 63.8. The van der Waals surface area contributed by atoms with Gasteiger partial charge in [-0.3, -0.25) is 34.4 Å². The van der Waals surface area contributed by atoms with Crippen LogP contribution in [0.3, 0.4) is 0 Å². The average molecular weight is 1840 g/mol. The van der Waals surface area contributed by atoms with Crippen LogP contribution in [0, 0.1) is 33.6 Å². The molecule has 1 aliphatic heterocycles. The Morgan fingerprint density at radius 1 is 0.522 bits per heavy atom. The highest BCUT2D eigenvalue weighted by Gasteiger charge is 2.40. The Labute approximate surface area is 786 Å². The topological polar surface area (TPSA) is 262 Å². The number of benzene rings is 7. The van der Waals surface area contributed by atoms with Crippen molar-refractivity contribution >= 4 is 74.5 Å². The smallest absolute Gasteiger partial charge is 0.449 e. The van der Waals surface area contributed by atoms with E-state index in [-0.39, 0.29) is 110 Å². The first-order valence-electron chi connectivity index (χ1n) is 43.6. The minimum absolute atomic E-state index is 0.0399. The first kappa shape index (κ1) is 95.7. The number of hydrogen-bond donors (Lipinski definition) is 4. The fourth-order valence-corrected chi connectivity index (χ4v) is 16.7. The lowest BCUT2D eigenvalue weighted by atomic mass is 9.82. The number of carbonyl (C=O) groups excluding carboxylic acids is 4. The second-order valence-electron chi connectivity index (χ2n) is 34.7. The van der Waals surface area contributed by atoms with Gasteiger partial charge in [-0.2, -0.15) is 13.2 Å². The van der Waals surface area contributed by atoms with Crippen molar-refractivity contribution in [3.8, 4) is 33.4 Å². The van der Waals surface area contributed by atoms with Crippen LogP contribution in [0.1, 0.15) is 175 Å². The number of rotatable bonds is 25. The van der Waals surface area contributed by atoms with Gasteiger partial charge in [0.2, 0.25) is 11.5 Å². The molecule has 7 aromatic heterocycles. The molecule has 4 unspecified atom stereocenters. The van der Waals surface area contributed by atoms with E-state index in [1.807, 2.05) is 256 Å². The number of halogens is 5. The van der Waals surface area contributed by atoms with Crippen LogP contribution in [0.25, 0.3) is 55.2 Å². The number of anilines is 1. The van der Waals surface area contributed by atoms with Crippen LogP contribution >= 0.6 is 23.2 Å². The van der Waals surface area contributed by atoms with Crippen molar-refractivity contribution in [1.82, 2.24) is 34.6 Å². The summed E-state index contributed by atoms with van der Waals surface area (Å²) in [7, 11) is 1.28. The molecule has 2 aliphatic rings. The standard InChI is InChI=1S/C38H35F3N2O3.C36H36ClN3O4.C35H32ClN3O5/c1-25(44)37(2,3)31-12-8-11-28(22-31)27-17-15-26(16-18-27)23-42(24-32-19-20-35(46-32)38(39,40)41)36(45)43-33-13-6-4-9-29(33)21-30-10-5-7-14-34(30)43;1-21-23(3)39-31-13-8-7-12-29(31)34(21)35(42)40(19-28-14-15-33(44-28)36(5,6)43)20-32-30(37)17-27(18-38-32)26-11-9-10-25(16-26)22(2)24(4)41;1-20-22(3)38-30-12-7-6-11-28(30)33(20)34(41)39(18-27-13-14-32(44-27)35(42)43-5)19-31-29(36)16-26(17-37-31)25-10-8-9-24(15-25)21(2)23(4)40/h4-20,22,29,33,44H,1,21,23-24H2,2-3H3;7-18,22,41,43H,4,19-20H2,1-3,5-6H3;6-17,21,40H,4,18-19H2,1-3,5H3. The predicted molar refractivity (Wildman–Crippen MR) is 517 cm³/mol. The minimum atomic E-state index is -4.63. The van der Waals surface area contributed by atoms with E-state index in [0.717, 1.165) is 118 Å². The van der Waals surface area contributed by atoms with E-state index in [1.165, 1.54) is 24.1 Å². The molecule has 134 heavy (non-hydrogen) atoms. The van der Waals surface area contributed by atoms with E-state index in [0.29, 0.717) is 55.4 Å². The fraction of sp³-hybridized carbons (Fsp3) is 0.229. The highest BCUT2D eigenvalue weighted by Crippen LogP contribution is 2.42. The van der Waals surface area contributed by atoms with Crippen molar-refractivity contribution < 1.29 is 70.8 Å². The van der Waals surface area contributed by atoms with Crippen LogP contribution in [0.5, 0.6) is 0 Å². The molecule has 14 aromatic rings. The van der Waals surface area contributed by atoms with Crippen molar-refractivity contribution in [2.24, 2.45) is 5.92 Å². The minimum Gasteiger partial charge on any atom is -0.512 e. The zero-order valence-electron chi connectivity index (χ0n) is 76.2. The number of furan rings is 3. The largest absolute Gasteiger partial charge is 0.512 e. The van der Waals surface area contributed by atoms with Gasteiger partial charge in [0, 0.05) is 81.1 Å². The van der Waals surface area contributed by atoms with Crippen molar-refractivity contribution in [2.75, 3.05) is 12.0 Å². The Balaban J connectivity index is 0.000000161. The number of aliphatic hydroxyl groups is 4. The molecule has 4 amide bonds. The number of esters is 1. The van der Waals surface area contributed by atoms with Crippen molar-refractivity contribution in [3.05, 3.63) is 410 Å². The quantitative estimate of drug-likeness (QED) is 0.0306. The van der Waals surface area contributed by atoms with Crippen LogP contribution in [0.15, 0.2) is 305 Å². The maximum atomic E-state index is 14.5. The van der Waals surface area contributed by atoms with Gasteiger partial charge in [-0.05, 0) is 190 Å². The second kappa shape index (κ2) is 40.4. The van der Waals surface area contributed by atoms with Gasteiger partial charge in [-0.15, -0.1) is 0 Å². The predicted octanol–water partition coefficient (Wildman–Crippen LogP) is 26.0. The van der Waals surface area contributed by atoms with Crippen LogP contribution in [-0.4, -0.2) is 92.0 Å². The normalized spacial score (nSPS) is 13.9. The number of allylic oxidation sites excluding steroid dienone is 5. The van der Waals surface area contributed by atoms with Gasteiger partial charge in [0.1, 0.15) is 28.6 Å². The van der Waals surface area contributed by atoms with E-state index in [4.69, 9.17) is 46.2 Å². The summed E-state index contributed by atoms with van der Waals surface area (Å²) >= 11 is 13.6. The maximum absolute atomic E-state index is 14.5. The molecule has 0 saturated heterocycles. The van der Waals surface area contributed by atoms with Crippen molar-refractivity contribution in [2.45, 2.75) is 150 Å². The molecule has 0 bridgehead atoms. The van der Waals surface area contributed by atoms with E-state index >= 15 is 0 Å². The number of ether oxygens (including phenoxy) is 1.